The van der Waals surface area contributed by atoms with E-state index in [1.807, 2.05) is 42.5 Å². The fraction of sp³-hybridized carbons (Fsp3) is 0. The van der Waals surface area contributed by atoms with Gasteiger partial charge in [0.1, 0.15) is 11.4 Å². The SMILES string of the molecule is O=C(NN=Cc1cc(Br)cc(Br)c1O)c1cc(-c2ccc(-c3ccccc3)cc2)n[nH]1. The molecular formula is C23H16Br2N4O2. The van der Waals surface area contributed by atoms with E-state index in [-0.39, 0.29) is 11.4 Å². The van der Waals surface area contributed by atoms with Gasteiger partial charge in [0.2, 0.25) is 0 Å². The summed E-state index contributed by atoms with van der Waals surface area (Å²) in [4.78, 5) is 12.4. The van der Waals surface area contributed by atoms with Crippen molar-refractivity contribution in [3.05, 3.63) is 93.0 Å². The highest BCUT2D eigenvalue weighted by Gasteiger charge is 2.11. The Kier molecular flexibility index (Phi) is 6.29. The highest BCUT2D eigenvalue weighted by atomic mass is 79.9. The van der Waals surface area contributed by atoms with E-state index in [1.54, 1.807) is 18.2 Å². The van der Waals surface area contributed by atoms with Gasteiger partial charge in [-0.15, -0.1) is 0 Å². The predicted molar refractivity (Wildman–Crippen MR) is 128 cm³/mol. The number of aromatic hydroxyl groups is 1. The van der Waals surface area contributed by atoms with Crippen LogP contribution >= 0.6 is 31.9 Å². The molecule has 0 aliphatic rings. The van der Waals surface area contributed by atoms with Crippen molar-refractivity contribution in [2.75, 3.05) is 0 Å². The summed E-state index contributed by atoms with van der Waals surface area (Å²) in [6.45, 7) is 0. The van der Waals surface area contributed by atoms with Crippen LogP contribution in [0.4, 0.5) is 0 Å². The molecule has 0 radical (unpaired) electrons. The van der Waals surface area contributed by atoms with Gasteiger partial charge >= 0.3 is 0 Å². The van der Waals surface area contributed by atoms with Crippen molar-refractivity contribution in [3.8, 4) is 28.1 Å². The second-order valence-electron chi connectivity index (χ2n) is 6.63. The number of carbonyl (C=O) groups is 1. The lowest BCUT2D eigenvalue weighted by Crippen LogP contribution is -2.18. The van der Waals surface area contributed by atoms with Crippen LogP contribution in [0.5, 0.6) is 5.75 Å². The Hall–Kier alpha value is -3.23. The number of nitrogens with zero attached hydrogens (tertiary/aromatic N) is 2. The van der Waals surface area contributed by atoms with Gasteiger partial charge in [-0.25, -0.2) is 5.43 Å². The Morgan fingerprint density at radius 1 is 0.968 bits per heavy atom. The van der Waals surface area contributed by atoms with Crippen molar-refractivity contribution in [2.24, 2.45) is 5.10 Å². The number of nitrogens with one attached hydrogen (secondary N) is 2. The first kappa shape index (κ1) is 21.0. The zero-order chi connectivity index (χ0) is 21.8. The number of hydrogen-bond donors (Lipinski definition) is 3. The number of halogens is 2. The largest absolute Gasteiger partial charge is 0.506 e. The number of phenols is 1. The first-order chi connectivity index (χ1) is 15.0. The third kappa shape index (κ3) is 4.92. The number of aromatic nitrogens is 2. The number of rotatable bonds is 5. The smallest absolute Gasteiger partial charge is 0.289 e. The van der Waals surface area contributed by atoms with Crippen LogP contribution in [-0.2, 0) is 0 Å². The fourth-order valence-electron chi connectivity index (χ4n) is 2.95. The lowest BCUT2D eigenvalue weighted by molar-refractivity contribution is 0.0950. The minimum atomic E-state index is -0.440. The monoisotopic (exact) mass is 538 g/mol. The first-order valence-corrected chi connectivity index (χ1v) is 10.8. The molecule has 1 amide bonds. The maximum atomic E-state index is 12.4. The zero-order valence-electron chi connectivity index (χ0n) is 16.0. The van der Waals surface area contributed by atoms with Crippen molar-refractivity contribution < 1.29 is 9.90 Å². The standard InChI is InChI=1S/C23H16Br2N4O2/c24-18-10-17(22(30)19(25)11-18)13-26-29-23(31)21-12-20(27-28-21)16-8-6-15(7-9-16)14-4-2-1-3-5-14/h1-13,30H,(H,27,28)(H,29,31). The summed E-state index contributed by atoms with van der Waals surface area (Å²) < 4.78 is 1.28. The Balaban J connectivity index is 1.44. The summed E-state index contributed by atoms with van der Waals surface area (Å²) in [5, 5.41) is 20.9. The van der Waals surface area contributed by atoms with Crippen LogP contribution in [0.25, 0.3) is 22.4 Å². The Labute approximate surface area is 195 Å². The number of benzene rings is 3. The summed E-state index contributed by atoms with van der Waals surface area (Å²) >= 11 is 6.60. The van der Waals surface area contributed by atoms with E-state index in [4.69, 9.17) is 0 Å². The molecule has 1 aromatic heterocycles. The quantitative estimate of drug-likeness (QED) is 0.223. The molecule has 0 saturated carbocycles. The molecular weight excluding hydrogens is 524 g/mol. The first-order valence-electron chi connectivity index (χ1n) is 9.24. The van der Waals surface area contributed by atoms with Crippen LogP contribution in [0.1, 0.15) is 16.1 Å². The highest BCUT2D eigenvalue weighted by Crippen LogP contribution is 2.30. The molecule has 4 aromatic rings. The van der Waals surface area contributed by atoms with Crippen LogP contribution in [-0.4, -0.2) is 27.4 Å². The number of H-pyrrole nitrogens is 1. The fourth-order valence-corrected chi connectivity index (χ4v) is 4.21. The number of aromatic amines is 1. The lowest BCUT2D eigenvalue weighted by atomic mass is 10.0. The van der Waals surface area contributed by atoms with E-state index in [2.05, 4.69) is 64.7 Å². The molecule has 8 heteroatoms. The van der Waals surface area contributed by atoms with Gasteiger partial charge in [0.15, 0.2) is 0 Å². The zero-order valence-corrected chi connectivity index (χ0v) is 19.2. The highest BCUT2D eigenvalue weighted by molar-refractivity contribution is 9.11. The van der Waals surface area contributed by atoms with E-state index < -0.39 is 5.91 Å². The normalized spacial score (nSPS) is 11.0. The second-order valence-corrected chi connectivity index (χ2v) is 8.40. The van der Waals surface area contributed by atoms with Gasteiger partial charge in [0.25, 0.3) is 5.91 Å². The average molecular weight is 540 g/mol. The minimum absolute atomic E-state index is 0.0315. The van der Waals surface area contributed by atoms with Gasteiger partial charge in [-0.2, -0.15) is 10.2 Å². The number of hydrogen-bond acceptors (Lipinski definition) is 4. The predicted octanol–water partition coefficient (Wildman–Crippen LogP) is 5.74. The molecule has 3 aromatic carbocycles. The topological polar surface area (TPSA) is 90.4 Å². The van der Waals surface area contributed by atoms with Crippen LogP contribution in [0.3, 0.4) is 0 Å². The van der Waals surface area contributed by atoms with Gasteiger partial charge in [-0.1, -0.05) is 70.5 Å². The van der Waals surface area contributed by atoms with Crippen LogP contribution in [0.2, 0.25) is 0 Å². The van der Waals surface area contributed by atoms with Crippen LogP contribution < -0.4 is 5.43 Å². The Morgan fingerprint density at radius 3 is 2.39 bits per heavy atom. The van der Waals surface area contributed by atoms with E-state index >= 15 is 0 Å². The van der Waals surface area contributed by atoms with Crippen LogP contribution in [0, 0.1) is 0 Å². The number of hydrazone groups is 1. The molecule has 4 rings (SSSR count). The number of phenolic OH excluding ortho intramolecular Hbond substituents is 1. The molecule has 31 heavy (non-hydrogen) atoms. The third-order valence-electron chi connectivity index (χ3n) is 4.54. The van der Waals surface area contributed by atoms with Gasteiger partial charge in [-0.05, 0) is 45.3 Å². The van der Waals surface area contributed by atoms with Crippen molar-refractivity contribution in [2.45, 2.75) is 0 Å². The van der Waals surface area contributed by atoms with Gasteiger partial charge in [-0.3, -0.25) is 9.89 Å². The van der Waals surface area contributed by atoms with Crippen molar-refractivity contribution in [1.29, 1.82) is 0 Å². The molecule has 6 nitrogen and oxygen atoms in total. The van der Waals surface area contributed by atoms with Crippen LogP contribution in [0.15, 0.2) is 86.8 Å². The second kappa shape index (κ2) is 9.28. The van der Waals surface area contributed by atoms with Gasteiger partial charge in [0.05, 0.1) is 16.4 Å². The van der Waals surface area contributed by atoms with Crippen molar-refractivity contribution >= 4 is 44.0 Å². The molecule has 0 unspecified atom stereocenters. The third-order valence-corrected chi connectivity index (χ3v) is 5.60. The summed E-state index contributed by atoms with van der Waals surface area (Å²) in [6, 6.07) is 23.1. The average Bonchev–Trinajstić information content (AvgIpc) is 3.28. The molecule has 0 saturated heterocycles. The number of amides is 1. The molecule has 0 aliphatic heterocycles. The van der Waals surface area contributed by atoms with Crippen molar-refractivity contribution in [3.63, 3.8) is 0 Å². The van der Waals surface area contributed by atoms with E-state index in [0.29, 0.717) is 15.7 Å². The van der Waals surface area contributed by atoms with Gasteiger partial charge in [0, 0.05) is 15.6 Å². The minimum Gasteiger partial charge on any atom is -0.506 e. The molecule has 1 heterocycles. The summed E-state index contributed by atoms with van der Waals surface area (Å²) in [6.07, 6.45) is 1.36. The van der Waals surface area contributed by atoms with E-state index in [9.17, 15) is 9.90 Å². The maximum Gasteiger partial charge on any atom is 0.289 e. The molecule has 0 atom stereocenters. The van der Waals surface area contributed by atoms with E-state index in [0.717, 1.165) is 21.2 Å². The Morgan fingerprint density at radius 2 is 1.65 bits per heavy atom. The molecule has 3 N–H and O–H groups in total. The number of carbonyl (C=O) groups excluding carboxylic acids is 1. The molecule has 154 valence electrons. The molecule has 0 spiro atoms. The lowest BCUT2D eigenvalue weighted by Gasteiger charge is -2.03. The summed E-state index contributed by atoms with van der Waals surface area (Å²) in [7, 11) is 0. The summed E-state index contributed by atoms with van der Waals surface area (Å²) in [5.41, 5.74) is 6.94. The summed E-state index contributed by atoms with van der Waals surface area (Å²) in [5.74, 6) is -0.409. The van der Waals surface area contributed by atoms with Gasteiger partial charge < -0.3 is 5.11 Å². The molecule has 0 fully saturated rings. The van der Waals surface area contributed by atoms with E-state index in [1.165, 1.54) is 6.21 Å². The Bertz CT molecular complexity index is 1250. The maximum absolute atomic E-state index is 12.4. The molecule has 0 bridgehead atoms. The van der Waals surface area contributed by atoms with Crippen molar-refractivity contribution in [1.82, 2.24) is 15.6 Å². The molecule has 0 aliphatic carbocycles.